The molecule has 134 valence electrons. The van der Waals surface area contributed by atoms with Gasteiger partial charge in [0.15, 0.2) is 5.76 Å². The Morgan fingerprint density at radius 1 is 1.24 bits per heavy atom. The van der Waals surface area contributed by atoms with E-state index in [2.05, 4.69) is 15.8 Å². The molecule has 0 radical (unpaired) electrons. The van der Waals surface area contributed by atoms with E-state index in [1.54, 1.807) is 4.90 Å². The first kappa shape index (κ1) is 18.5. The van der Waals surface area contributed by atoms with E-state index in [1.165, 1.54) is 6.92 Å². The van der Waals surface area contributed by atoms with Crippen molar-refractivity contribution >= 4 is 17.6 Å². The third-order valence-electron chi connectivity index (χ3n) is 3.85. The lowest BCUT2D eigenvalue weighted by Crippen LogP contribution is -2.30. The zero-order chi connectivity index (χ0) is 18.2. The van der Waals surface area contributed by atoms with Crippen LogP contribution in [0.5, 0.6) is 0 Å². The molecule has 0 atom stereocenters. The molecule has 25 heavy (non-hydrogen) atoms. The molecule has 0 unspecified atom stereocenters. The molecular weight excluding hydrogens is 320 g/mol. The van der Waals surface area contributed by atoms with Crippen LogP contribution in [0, 0.1) is 0 Å². The first-order valence-electron chi connectivity index (χ1n) is 8.36. The fraction of sp³-hybridized carbons (Fsp3) is 0.389. The van der Waals surface area contributed by atoms with Gasteiger partial charge in [0, 0.05) is 31.8 Å². The van der Waals surface area contributed by atoms with Gasteiger partial charge in [-0.3, -0.25) is 4.79 Å². The van der Waals surface area contributed by atoms with E-state index in [-0.39, 0.29) is 18.5 Å². The van der Waals surface area contributed by atoms with Crippen LogP contribution in [0.4, 0.5) is 10.5 Å². The summed E-state index contributed by atoms with van der Waals surface area (Å²) in [6, 6.07) is 8.91. The molecule has 0 bridgehead atoms. The SMILES string of the molecule is CCc1cc(CNC(=O)Nc2ccccc2CN(CC)C(C)=O)on1. The molecule has 1 aromatic heterocycles. The highest BCUT2D eigenvalue weighted by atomic mass is 16.5. The number of carbonyl (C=O) groups is 2. The van der Waals surface area contributed by atoms with Crippen LogP contribution in [-0.4, -0.2) is 28.5 Å². The molecule has 1 heterocycles. The number of nitrogens with zero attached hydrogens (tertiary/aromatic N) is 2. The predicted molar refractivity (Wildman–Crippen MR) is 94.9 cm³/mol. The van der Waals surface area contributed by atoms with Crippen molar-refractivity contribution in [2.75, 3.05) is 11.9 Å². The molecule has 7 nitrogen and oxygen atoms in total. The molecule has 2 aromatic rings. The zero-order valence-corrected chi connectivity index (χ0v) is 14.8. The normalized spacial score (nSPS) is 10.4. The van der Waals surface area contributed by atoms with E-state index in [0.717, 1.165) is 17.7 Å². The van der Waals surface area contributed by atoms with E-state index in [4.69, 9.17) is 4.52 Å². The summed E-state index contributed by atoms with van der Waals surface area (Å²) in [5.41, 5.74) is 2.40. The standard InChI is InChI=1S/C18H24N4O3/c1-4-15-10-16(25-21-15)11-19-18(24)20-17-9-7-6-8-14(17)12-22(5-2)13(3)23/h6-10H,4-5,11-12H2,1-3H3,(H2,19,20,24). The maximum atomic E-state index is 12.1. The van der Waals surface area contributed by atoms with Crippen LogP contribution in [0.1, 0.15) is 37.8 Å². The van der Waals surface area contributed by atoms with Crippen LogP contribution < -0.4 is 10.6 Å². The lowest BCUT2D eigenvalue weighted by Gasteiger charge is -2.21. The van der Waals surface area contributed by atoms with Gasteiger partial charge in [0.1, 0.15) is 0 Å². The number of aromatic nitrogens is 1. The second-order valence-corrected chi connectivity index (χ2v) is 5.64. The number of para-hydroxylation sites is 1. The molecular formula is C18H24N4O3. The summed E-state index contributed by atoms with van der Waals surface area (Å²) in [6.07, 6.45) is 0.785. The van der Waals surface area contributed by atoms with E-state index in [0.29, 0.717) is 24.5 Å². The molecule has 0 saturated carbocycles. The van der Waals surface area contributed by atoms with Gasteiger partial charge >= 0.3 is 6.03 Å². The number of hydrogen-bond acceptors (Lipinski definition) is 4. The Labute approximate surface area is 147 Å². The fourth-order valence-corrected chi connectivity index (χ4v) is 2.37. The van der Waals surface area contributed by atoms with Gasteiger partial charge in [-0.05, 0) is 25.0 Å². The third kappa shape index (κ3) is 5.34. The van der Waals surface area contributed by atoms with Crippen LogP contribution >= 0.6 is 0 Å². The van der Waals surface area contributed by atoms with Gasteiger partial charge in [-0.15, -0.1) is 0 Å². The van der Waals surface area contributed by atoms with Gasteiger partial charge in [0.05, 0.1) is 12.2 Å². The highest BCUT2D eigenvalue weighted by Crippen LogP contribution is 2.17. The molecule has 0 aliphatic carbocycles. The maximum Gasteiger partial charge on any atom is 0.319 e. The largest absolute Gasteiger partial charge is 0.359 e. The Hall–Kier alpha value is -2.83. The number of aryl methyl sites for hydroxylation is 1. The monoisotopic (exact) mass is 344 g/mol. The number of anilines is 1. The topological polar surface area (TPSA) is 87.5 Å². The van der Waals surface area contributed by atoms with Gasteiger partial charge in [-0.2, -0.15) is 0 Å². The van der Waals surface area contributed by atoms with Crippen molar-refractivity contribution in [1.29, 1.82) is 0 Å². The highest BCUT2D eigenvalue weighted by Gasteiger charge is 2.12. The molecule has 0 aliphatic rings. The van der Waals surface area contributed by atoms with E-state index in [1.807, 2.05) is 44.2 Å². The summed E-state index contributed by atoms with van der Waals surface area (Å²) in [5.74, 6) is 0.604. The third-order valence-corrected chi connectivity index (χ3v) is 3.85. The average Bonchev–Trinajstić information content (AvgIpc) is 3.07. The van der Waals surface area contributed by atoms with Gasteiger partial charge in [0.25, 0.3) is 0 Å². The number of hydrogen-bond donors (Lipinski definition) is 2. The number of nitrogens with one attached hydrogen (secondary N) is 2. The number of carbonyl (C=O) groups excluding carboxylic acids is 2. The van der Waals surface area contributed by atoms with Crippen molar-refractivity contribution in [2.24, 2.45) is 0 Å². The fourth-order valence-electron chi connectivity index (χ4n) is 2.37. The van der Waals surface area contributed by atoms with Crippen molar-refractivity contribution in [1.82, 2.24) is 15.4 Å². The van der Waals surface area contributed by atoms with Gasteiger partial charge < -0.3 is 20.1 Å². The molecule has 0 aliphatic heterocycles. The van der Waals surface area contributed by atoms with Crippen molar-refractivity contribution < 1.29 is 14.1 Å². The maximum absolute atomic E-state index is 12.1. The Bertz CT molecular complexity index is 727. The van der Waals surface area contributed by atoms with Gasteiger partial charge in [-0.1, -0.05) is 30.3 Å². The lowest BCUT2D eigenvalue weighted by molar-refractivity contribution is -0.129. The number of benzene rings is 1. The van der Waals surface area contributed by atoms with Crippen molar-refractivity contribution in [3.63, 3.8) is 0 Å². The van der Waals surface area contributed by atoms with Crippen LogP contribution in [-0.2, 0) is 24.3 Å². The minimum absolute atomic E-state index is 0.00111. The van der Waals surface area contributed by atoms with Gasteiger partial charge in [-0.25, -0.2) is 4.79 Å². The number of amides is 3. The summed E-state index contributed by atoms with van der Waals surface area (Å²) in [5, 5.41) is 9.44. The molecule has 2 N–H and O–H groups in total. The average molecular weight is 344 g/mol. The van der Waals surface area contributed by atoms with Crippen molar-refractivity contribution in [3.8, 4) is 0 Å². The summed E-state index contributed by atoms with van der Waals surface area (Å²) in [7, 11) is 0. The Balaban J connectivity index is 1.97. The first-order chi connectivity index (χ1) is 12.0. The predicted octanol–water partition coefficient (Wildman–Crippen LogP) is 2.93. The van der Waals surface area contributed by atoms with E-state index < -0.39 is 0 Å². The van der Waals surface area contributed by atoms with Crippen LogP contribution in [0.2, 0.25) is 0 Å². The molecule has 2 rings (SSSR count). The zero-order valence-electron chi connectivity index (χ0n) is 14.8. The molecule has 0 saturated heterocycles. The Morgan fingerprint density at radius 2 is 2.00 bits per heavy atom. The molecule has 3 amide bonds. The second-order valence-electron chi connectivity index (χ2n) is 5.64. The minimum Gasteiger partial charge on any atom is -0.359 e. The lowest BCUT2D eigenvalue weighted by atomic mass is 10.1. The van der Waals surface area contributed by atoms with E-state index >= 15 is 0 Å². The van der Waals surface area contributed by atoms with Crippen LogP contribution in [0.15, 0.2) is 34.9 Å². The highest BCUT2D eigenvalue weighted by molar-refractivity contribution is 5.90. The molecule has 0 spiro atoms. The first-order valence-corrected chi connectivity index (χ1v) is 8.36. The summed E-state index contributed by atoms with van der Waals surface area (Å²) >= 11 is 0. The quantitative estimate of drug-likeness (QED) is 0.808. The second kappa shape index (κ2) is 8.86. The van der Waals surface area contributed by atoms with Crippen LogP contribution in [0.3, 0.4) is 0 Å². The van der Waals surface area contributed by atoms with E-state index in [9.17, 15) is 9.59 Å². The minimum atomic E-state index is -0.340. The number of rotatable bonds is 7. The van der Waals surface area contributed by atoms with Crippen LogP contribution in [0.25, 0.3) is 0 Å². The summed E-state index contributed by atoms with van der Waals surface area (Å²) in [4.78, 5) is 25.5. The Morgan fingerprint density at radius 3 is 2.64 bits per heavy atom. The smallest absolute Gasteiger partial charge is 0.319 e. The molecule has 0 fully saturated rings. The van der Waals surface area contributed by atoms with Crippen molar-refractivity contribution in [3.05, 3.63) is 47.3 Å². The Kier molecular flexibility index (Phi) is 6.56. The molecule has 7 heteroatoms. The summed E-state index contributed by atoms with van der Waals surface area (Å²) in [6.45, 7) is 6.76. The molecule has 1 aromatic carbocycles. The summed E-state index contributed by atoms with van der Waals surface area (Å²) < 4.78 is 5.14. The number of urea groups is 1. The van der Waals surface area contributed by atoms with Crippen molar-refractivity contribution in [2.45, 2.75) is 40.3 Å². The van der Waals surface area contributed by atoms with Gasteiger partial charge in [0.2, 0.25) is 5.91 Å².